The summed E-state index contributed by atoms with van der Waals surface area (Å²) in [5.74, 6) is 0. The van der Waals surface area contributed by atoms with Crippen molar-refractivity contribution in [2.75, 3.05) is 5.73 Å². The van der Waals surface area contributed by atoms with E-state index in [1.165, 1.54) is 17.7 Å². The highest BCUT2D eigenvalue weighted by Gasteiger charge is 2.14. The zero-order valence-electron chi connectivity index (χ0n) is 14.7. The molecule has 0 aliphatic rings. The van der Waals surface area contributed by atoms with Crippen LogP contribution in [0.1, 0.15) is 16.1 Å². The number of nitrogen functional groups attached to an aromatic ring is 1. The summed E-state index contributed by atoms with van der Waals surface area (Å²) in [4.78, 5) is 18.7. The molecule has 0 atom stereocenters. The second-order valence-corrected chi connectivity index (χ2v) is 6.87. The number of anilines is 1. The first kappa shape index (κ1) is 19.3. The Morgan fingerprint density at radius 1 is 1.32 bits per heavy atom. The number of nitriles is 1. The lowest BCUT2D eigenvalue weighted by Gasteiger charge is -2.01. The summed E-state index contributed by atoms with van der Waals surface area (Å²) in [5.41, 5.74) is 8.41. The minimum Gasteiger partial charge on any atom is -0.375 e. The van der Waals surface area contributed by atoms with Crippen LogP contribution in [0.25, 0.3) is 16.3 Å². The predicted molar refractivity (Wildman–Crippen MR) is 107 cm³/mol. The molecule has 4 aromatic rings. The number of aryl methyl sites for hydroxylation is 1. The molecule has 0 saturated heterocycles. The lowest BCUT2D eigenvalue weighted by molar-refractivity contribution is 0.107. The molecule has 0 saturated carbocycles. The zero-order valence-corrected chi connectivity index (χ0v) is 16.2. The first-order valence-electron chi connectivity index (χ1n) is 7.92. The molecule has 0 aliphatic heterocycles. The molecule has 8 nitrogen and oxygen atoms in total. The third kappa shape index (κ3) is 4.25. The average molecular weight is 412 g/mol. The zero-order chi connectivity index (χ0) is 20.1. The molecule has 1 aromatic carbocycles. The van der Waals surface area contributed by atoms with Crippen LogP contribution in [0.2, 0.25) is 0 Å². The van der Waals surface area contributed by atoms with Crippen LogP contribution in [-0.2, 0) is 7.05 Å². The molecule has 2 N–H and O–H groups in total. The van der Waals surface area contributed by atoms with Crippen molar-refractivity contribution in [1.29, 1.82) is 5.26 Å². The van der Waals surface area contributed by atoms with Crippen LogP contribution in [0.5, 0.6) is 0 Å². The van der Waals surface area contributed by atoms with Crippen molar-refractivity contribution in [3.63, 3.8) is 0 Å². The standard InChI is InChI=1S/C12H8N6S.C6H6ClNO/c13-5-8-2-1-3-9(4-8)10-11(19-12(14)17-10)18-7-15-6-16-18;1-8-4-2-3-5(8)6(7)9/h1-4,6-7H,(H2,14,17);2-4H,1H3. The molecule has 4 rings (SSSR count). The van der Waals surface area contributed by atoms with Gasteiger partial charge in [-0.25, -0.2) is 14.6 Å². The molecule has 0 aliphatic carbocycles. The molecule has 0 fully saturated rings. The first-order valence-corrected chi connectivity index (χ1v) is 9.12. The van der Waals surface area contributed by atoms with E-state index in [2.05, 4.69) is 21.1 Å². The predicted octanol–water partition coefficient (Wildman–Crippen LogP) is 3.25. The van der Waals surface area contributed by atoms with Gasteiger partial charge in [-0.15, -0.1) is 0 Å². The van der Waals surface area contributed by atoms with Gasteiger partial charge in [0.2, 0.25) is 0 Å². The maximum absolute atomic E-state index is 10.5. The van der Waals surface area contributed by atoms with Gasteiger partial charge in [0.25, 0.3) is 5.24 Å². The fraction of sp³-hybridized carbons (Fsp3) is 0.0556. The van der Waals surface area contributed by atoms with Crippen LogP contribution < -0.4 is 5.73 Å². The number of rotatable bonds is 3. The maximum Gasteiger partial charge on any atom is 0.268 e. The quantitative estimate of drug-likeness (QED) is 0.517. The average Bonchev–Trinajstić information content (AvgIpc) is 3.42. The largest absolute Gasteiger partial charge is 0.375 e. The Morgan fingerprint density at radius 2 is 2.14 bits per heavy atom. The molecule has 0 bridgehead atoms. The highest BCUT2D eigenvalue weighted by molar-refractivity contribution is 7.18. The van der Waals surface area contributed by atoms with Crippen molar-refractivity contribution >= 4 is 33.3 Å². The summed E-state index contributed by atoms with van der Waals surface area (Å²) in [6.07, 6.45) is 4.81. The van der Waals surface area contributed by atoms with E-state index in [4.69, 9.17) is 22.6 Å². The van der Waals surface area contributed by atoms with Gasteiger partial charge in [-0.1, -0.05) is 23.5 Å². The lowest BCUT2D eigenvalue weighted by atomic mass is 10.1. The third-order valence-corrected chi connectivity index (χ3v) is 4.73. The molecule has 28 heavy (non-hydrogen) atoms. The summed E-state index contributed by atoms with van der Waals surface area (Å²) < 4.78 is 3.29. The molecule has 3 heterocycles. The topological polar surface area (TPSA) is 115 Å². The summed E-state index contributed by atoms with van der Waals surface area (Å²) in [7, 11) is 1.77. The van der Waals surface area contributed by atoms with E-state index < -0.39 is 5.24 Å². The SMILES string of the molecule is Cn1cccc1C(=O)Cl.N#Cc1cccc(-c2nc(N)sc2-n2cncn2)c1. The van der Waals surface area contributed by atoms with Crippen LogP contribution in [0.15, 0.2) is 55.2 Å². The number of carbonyl (C=O) groups excluding carboxylic acids is 1. The highest BCUT2D eigenvalue weighted by Crippen LogP contribution is 2.32. The number of aromatic nitrogens is 5. The van der Waals surface area contributed by atoms with E-state index in [1.54, 1.807) is 53.1 Å². The van der Waals surface area contributed by atoms with Gasteiger partial charge in [-0.05, 0) is 35.9 Å². The minimum absolute atomic E-state index is 0.414. The molecular weight excluding hydrogens is 398 g/mol. The molecular formula is C18H14ClN7OS. The molecule has 0 spiro atoms. The van der Waals surface area contributed by atoms with E-state index in [1.807, 2.05) is 12.1 Å². The van der Waals surface area contributed by atoms with Gasteiger partial charge in [0, 0.05) is 18.8 Å². The molecule has 3 aromatic heterocycles. The minimum atomic E-state index is -0.414. The number of hydrogen-bond acceptors (Lipinski definition) is 7. The van der Waals surface area contributed by atoms with E-state index >= 15 is 0 Å². The van der Waals surface area contributed by atoms with Gasteiger partial charge in [0.1, 0.15) is 29.0 Å². The van der Waals surface area contributed by atoms with E-state index in [0.717, 1.165) is 10.6 Å². The summed E-state index contributed by atoms with van der Waals surface area (Å²) in [6, 6.07) is 12.8. The van der Waals surface area contributed by atoms with Gasteiger partial charge < -0.3 is 10.3 Å². The Balaban J connectivity index is 0.000000211. The van der Waals surface area contributed by atoms with Crippen LogP contribution in [0, 0.1) is 11.3 Å². The van der Waals surface area contributed by atoms with Crippen molar-refractivity contribution < 1.29 is 4.79 Å². The van der Waals surface area contributed by atoms with Gasteiger partial charge in [0.15, 0.2) is 5.13 Å². The van der Waals surface area contributed by atoms with Crippen molar-refractivity contribution in [3.8, 4) is 22.3 Å². The maximum atomic E-state index is 10.5. The Bertz CT molecular complexity index is 1140. The summed E-state index contributed by atoms with van der Waals surface area (Å²) >= 11 is 6.51. The summed E-state index contributed by atoms with van der Waals surface area (Å²) in [6.45, 7) is 0. The van der Waals surface area contributed by atoms with E-state index in [0.29, 0.717) is 22.1 Å². The fourth-order valence-electron chi connectivity index (χ4n) is 2.39. The molecule has 0 radical (unpaired) electrons. The van der Waals surface area contributed by atoms with E-state index in [-0.39, 0.29) is 0 Å². The van der Waals surface area contributed by atoms with Crippen LogP contribution in [0.4, 0.5) is 5.13 Å². The number of benzene rings is 1. The Kier molecular flexibility index (Phi) is 5.84. The van der Waals surface area contributed by atoms with Crippen LogP contribution in [0.3, 0.4) is 0 Å². The van der Waals surface area contributed by atoms with Crippen LogP contribution >= 0.6 is 22.9 Å². The molecule has 0 unspecified atom stereocenters. The third-order valence-electron chi connectivity index (χ3n) is 3.66. The van der Waals surface area contributed by atoms with Gasteiger partial charge in [-0.2, -0.15) is 10.4 Å². The van der Waals surface area contributed by atoms with E-state index in [9.17, 15) is 4.79 Å². The number of nitrogens with two attached hydrogens (primary N) is 1. The van der Waals surface area contributed by atoms with Crippen LogP contribution in [-0.4, -0.2) is 29.6 Å². The number of thiazole rings is 1. The molecule has 0 amide bonds. The van der Waals surface area contributed by atoms with Gasteiger partial charge >= 0.3 is 0 Å². The monoisotopic (exact) mass is 411 g/mol. The Labute approximate surface area is 169 Å². The second-order valence-electron chi connectivity index (χ2n) is 5.52. The number of halogens is 1. The molecule has 140 valence electrons. The highest BCUT2D eigenvalue weighted by atomic mass is 35.5. The lowest BCUT2D eigenvalue weighted by Crippen LogP contribution is -1.97. The fourth-order valence-corrected chi connectivity index (χ4v) is 3.37. The number of nitrogens with zero attached hydrogens (tertiary/aromatic N) is 6. The van der Waals surface area contributed by atoms with Crippen molar-refractivity contribution in [3.05, 3.63) is 66.5 Å². The number of carbonyl (C=O) groups is 1. The van der Waals surface area contributed by atoms with Gasteiger partial charge in [-0.3, -0.25) is 4.79 Å². The van der Waals surface area contributed by atoms with Gasteiger partial charge in [0.05, 0.1) is 11.6 Å². The first-order chi connectivity index (χ1) is 13.5. The van der Waals surface area contributed by atoms with Crippen molar-refractivity contribution in [2.24, 2.45) is 7.05 Å². The normalized spacial score (nSPS) is 10.0. The molecule has 10 heteroatoms. The smallest absolute Gasteiger partial charge is 0.268 e. The van der Waals surface area contributed by atoms with Crippen molar-refractivity contribution in [1.82, 2.24) is 24.3 Å². The Hall–Kier alpha value is -3.48. The number of hydrogen-bond donors (Lipinski definition) is 1. The Morgan fingerprint density at radius 3 is 2.71 bits per heavy atom. The van der Waals surface area contributed by atoms with Crippen molar-refractivity contribution in [2.45, 2.75) is 0 Å². The second kappa shape index (κ2) is 8.47. The summed E-state index contributed by atoms with van der Waals surface area (Å²) in [5, 5.41) is 13.8.